The van der Waals surface area contributed by atoms with E-state index in [0.29, 0.717) is 12.5 Å². The molecule has 0 fully saturated rings. The predicted octanol–water partition coefficient (Wildman–Crippen LogP) is 5.12. The van der Waals surface area contributed by atoms with Crippen LogP contribution in [-0.2, 0) is 6.54 Å². The van der Waals surface area contributed by atoms with Crippen molar-refractivity contribution in [1.29, 1.82) is 0 Å². The highest BCUT2D eigenvalue weighted by molar-refractivity contribution is 5.67. The van der Waals surface area contributed by atoms with Crippen molar-refractivity contribution in [2.45, 2.75) is 39.7 Å². The van der Waals surface area contributed by atoms with Gasteiger partial charge in [-0.25, -0.2) is 4.39 Å². The minimum atomic E-state index is -0.175. The number of halogens is 1. The van der Waals surface area contributed by atoms with Crippen LogP contribution in [0.5, 0.6) is 0 Å². The first-order chi connectivity index (χ1) is 10.1. The summed E-state index contributed by atoms with van der Waals surface area (Å²) >= 11 is 0. The van der Waals surface area contributed by atoms with Crippen LogP contribution >= 0.6 is 0 Å². The van der Waals surface area contributed by atoms with Crippen molar-refractivity contribution in [1.82, 2.24) is 5.32 Å². The Kier molecular flexibility index (Phi) is 5.51. The molecule has 0 spiro atoms. The van der Waals surface area contributed by atoms with Gasteiger partial charge in [-0.1, -0.05) is 51.1 Å². The van der Waals surface area contributed by atoms with Crippen LogP contribution in [0.3, 0.4) is 0 Å². The maximum absolute atomic E-state index is 13.5. The second kappa shape index (κ2) is 7.37. The van der Waals surface area contributed by atoms with Crippen molar-refractivity contribution in [2.24, 2.45) is 0 Å². The van der Waals surface area contributed by atoms with E-state index in [4.69, 9.17) is 0 Å². The van der Waals surface area contributed by atoms with E-state index in [9.17, 15) is 4.39 Å². The average Bonchev–Trinajstić information content (AvgIpc) is 2.48. The minimum Gasteiger partial charge on any atom is -0.313 e. The highest BCUT2D eigenvalue weighted by atomic mass is 19.1. The van der Waals surface area contributed by atoms with Crippen LogP contribution in [0.1, 0.15) is 44.2 Å². The number of benzene rings is 2. The van der Waals surface area contributed by atoms with Gasteiger partial charge < -0.3 is 5.32 Å². The quantitative estimate of drug-likeness (QED) is 0.727. The van der Waals surface area contributed by atoms with Crippen molar-refractivity contribution in [3.8, 4) is 11.1 Å². The molecule has 0 aliphatic rings. The molecular weight excluding hydrogens is 261 g/mol. The first-order valence-corrected chi connectivity index (χ1v) is 7.71. The zero-order chi connectivity index (χ0) is 15.2. The Morgan fingerprint density at radius 3 is 2.38 bits per heavy atom. The van der Waals surface area contributed by atoms with E-state index in [1.54, 1.807) is 6.07 Å². The molecule has 0 heterocycles. The fourth-order valence-electron chi connectivity index (χ4n) is 2.44. The van der Waals surface area contributed by atoms with Gasteiger partial charge >= 0.3 is 0 Å². The van der Waals surface area contributed by atoms with Crippen LogP contribution < -0.4 is 5.32 Å². The predicted molar refractivity (Wildman–Crippen MR) is 87.9 cm³/mol. The van der Waals surface area contributed by atoms with Gasteiger partial charge in [-0.3, -0.25) is 0 Å². The van der Waals surface area contributed by atoms with Crippen molar-refractivity contribution < 1.29 is 4.39 Å². The molecule has 2 rings (SSSR count). The lowest BCUT2D eigenvalue weighted by molar-refractivity contribution is 0.619. The molecule has 0 saturated heterocycles. The third-order valence-electron chi connectivity index (χ3n) is 3.70. The molecule has 21 heavy (non-hydrogen) atoms. The average molecular weight is 285 g/mol. The van der Waals surface area contributed by atoms with Gasteiger partial charge in [0.05, 0.1) is 0 Å². The van der Waals surface area contributed by atoms with Crippen molar-refractivity contribution in [3.63, 3.8) is 0 Å². The smallest absolute Gasteiger partial charge is 0.123 e. The Morgan fingerprint density at radius 1 is 1.05 bits per heavy atom. The van der Waals surface area contributed by atoms with Crippen LogP contribution in [0.2, 0.25) is 0 Å². The zero-order valence-corrected chi connectivity index (χ0v) is 13.1. The molecule has 0 unspecified atom stereocenters. The van der Waals surface area contributed by atoms with E-state index >= 15 is 0 Å². The van der Waals surface area contributed by atoms with Gasteiger partial charge in [0.1, 0.15) is 5.82 Å². The standard InChI is InChI=1S/C19H24FN/c1-4-11-21-13-17-12-18(20)9-10-19(17)16-7-5-15(6-8-16)14(2)3/h5-10,12,14,21H,4,11,13H2,1-3H3. The zero-order valence-electron chi connectivity index (χ0n) is 13.1. The van der Waals surface area contributed by atoms with Crippen molar-refractivity contribution in [2.75, 3.05) is 6.54 Å². The van der Waals surface area contributed by atoms with Gasteiger partial charge in [-0.15, -0.1) is 0 Å². The summed E-state index contributed by atoms with van der Waals surface area (Å²) in [6, 6.07) is 13.6. The normalized spacial score (nSPS) is 11.1. The van der Waals surface area contributed by atoms with Gasteiger partial charge in [-0.2, -0.15) is 0 Å². The summed E-state index contributed by atoms with van der Waals surface area (Å²) in [5.74, 6) is 0.351. The Bertz CT molecular complexity index is 573. The number of rotatable bonds is 6. The first kappa shape index (κ1) is 15.7. The summed E-state index contributed by atoms with van der Waals surface area (Å²) in [4.78, 5) is 0. The van der Waals surface area contributed by atoms with Crippen LogP contribution in [0, 0.1) is 5.82 Å². The molecular formula is C19H24FN. The lowest BCUT2D eigenvalue weighted by Gasteiger charge is -2.12. The summed E-state index contributed by atoms with van der Waals surface area (Å²) in [5.41, 5.74) is 4.59. The molecule has 2 heteroatoms. The van der Waals surface area contributed by atoms with Gasteiger partial charge in [0, 0.05) is 6.54 Å². The van der Waals surface area contributed by atoms with Crippen molar-refractivity contribution in [3.05, 3.63) is 59.4 Å². The van der Waals surface area contributed by atoms with Crippen LogP contribution in [0.4, 0.5) is 4.39 Å². The maximum atomic E-state index is 13.5. The summed E-state index contributed by atoms with van der Waals surface area (Å²) in [6.07, 6.45) is 1.08. The van der Waals surface area contributed by atoms with E-state index in [1.165, 1.54) is 11.6 Å². The Labute approximate surface area is 127 Å². The summed E-state index contributed by atoms with van der Waals surface area (Å²) in [7, 11) is 0. The SMILES string of the molecule is CCCNCc1cc(F)ccc1-c1ccc(C(C)C)cc1. The molecule has 0 aliphatic heterocycles. The third-order valence-corrected chi connectivity index (χ3v) is 3.70. The highest BCUT2D eigenvalue weighted by Crippen LogP contribution is 2.26. The molecule has 2 aromatic rings. The van der Waals surface area contributed by atoms with Gasteiger partial charge in [0.25, 0.3) is 0 Å². The molecule has 0 atom stereocenters. The lowest BCUT2D eigenvalue weighted by atomic mass is 9.96. The fraction of sp³-hybridized carbons (Fsp3) is 0.368. The molecule has 2 aromatic carbocycles. The first-order valence-electron chi connectivity index (χ1n) is 7.71. The molecule has 0 bridgehead atoms. The molecule has 0 radical (unpaired) electrons. The van der Waals surface area contributed by atoms with E-state index < -0.39 is 0 Å². The highest BCUT2D eigenvalue weighted by Gasteiger charge is 2.07. The van der Waals surface area contributed by atoms with Crippen LogP contribution in [0.15, 0.2) is 42.5 Å². The summed E-state index contributed by atoms with van der Waals surface area (Å²) in [5, 5.41) is 3.35. The lowest BCUT2D eigenvalue weighted by Crippen LogP contribution is -2.14. The maximum Gasteiger partial charge on any atom is 0.123 e. The van der Waals surface area contributed by atoms with Gasteiger partial charge in [0.2, 0.25) is 0 Å². The minimum absolute atomic E-state index is 0.175. The monoisotopic (exact) mass is 285 g/mol. The van der Waals surface area contributed by atoms with Gasteiger partial charge in [0.15, 0.2) is 0 Å². The topological polar surface area (TPSA) is 12.0 Å². The molecule has 0 aromatic heterocycles. The Hall–Kier alpha value is -1.67. The second-order valence-corrected chi connectivity index (χ2v) is 5.75. The van der Waals surface area contributed by atoms with Crippen molar-refractivity contribution >= 4 is 0 Å². The summed E-state index contributed by atoms with van der Waals surface area (Å²) in [6.45, 7) is 8.15. The Balaban J connectivity index is 2.29. The van der Waals surface area contributed by atoms with Gasteiger partial charge in [-0.05, 0) is 53.3 Å². The van der Waals surface area contributed by atoms with E-state index in [-0.39, 0.29) is 5.82 Å². The molecule has 0 amide bonds. The number of hydrogen-bond acceptors (Lipinski definition) is 1. The van der Waals surface area contributed by atoms with E-state index in [0.717, 1.165) is 29.7 Å². The molecule has 0 saturated carbocycles. The van der Waals surface area contributed by atoms with Crippen LogP contribution in [-0.4, -0.2) is 6.54 Å². The fourth-order valence-corrected chi connectivity index (χ4v) is 2.44. The number of nitrogens with one attached hydrogen (secondary N) is 1. The van der Waals surface area contributed by atoms with Crippen LogP contribution in [0.25, 0.3) is 11.1 Å². The Morgan fingerprint density at radius 2 is 1.76 bits per heavy atom. The van der Waals surface area contributed by atoms with E-state index in [2.05, 4.69) is 50.4 Å². The third kappa shape index (κ3) is 4.15. The molecule has 0 aliphatic carbocycles. The molecule has 1 N–H and O–H groups in total. The summed E-state index contributed by atoms with van der Waals surface area (Å²) < 4.78 is 13.5. The molecule has 112 valence electrons. The number of hydrogen-bond donors (Lipinski definition) is 1. The van der Waals surface area contributed by atoms with E-state index in [1.807, 2.05) is 6.07 Å². The second-order valence-electron chi connectivity index (χ2n) is 5.75. The largest absolute Gasteiger partial charge is 0.313 e. The molecule has 1 nitrogen and oxygen atoms in total.